The Kier molecular flexibility index (Phi) is 7.58. The van der Waals surface area contributed by atoms with Crippen molar-refractivity contribution in [3.8, 4) is 22.3 Å². The standard InChI is InChI=1S/C52H39NO2/c1-2-13-35(14-3-1)39-20-10-15-36-16-11-21-43(51(36)39)40-17-4-7-22-45(40)53(46-23-12-26-49-52(46)44-19-6-9-25-48(44)54-49)38-30-27-34(28-31-38)37-29-32-42-41-18-5-8-24-47(41)55-50(42)33-37/h4-12,15-33,35H,1-3,13-14H2. The van der Waals surface area contributed by atoms with Crippen LogP contribution in [-0.2, 0) is 0 Å². The second-order valence-corrected chi connectivity index (χ2v) is 15.0. The van der Waals surface area contributed by atoms with Crippen molar-refractivity contribution in [1.82, 2.24) is 0 Å². The Morgan fingerprint density at radius 1 is 0.418 bits per heavy atom. The molecule has 0 aliphatic heterocycles. The highest BCUT2D eigenvalue weighted by Crippen LogP contribution is 2.48. The van der Waals surface area contributed by atoms with Gasteiger partial charge in [0, 0.05) is 27.4 Å². The first-order valence-electron chi connectivity index (χ1n) is 19.6. The molecule has 2 aromatic heterocycles. The van der Waals surface area contributed by atoms with E-state index in [0.29, 0.717) is 5.92 Å². The second kappa shape index (κ2) is 13.1. The first kappa shape index (κ1) is 31.9. The Balaban J connectivity index is 1.11. The third kappa shape index (κ3) is 5.33. The molecule has 10 aromatic rings. The van der Waals surface area contributed by atoms with Gasteiger partial charge < -0.3 is 13.7 Å². The maximum Gasteiger partial charge on any atom is 0.137 e. The van der Waals surface area contributed by atoms with E-state index in [4.69, 9.17) is 8.83 Å². The number of furan rings is 2. The lowest BCUT2D eigenvalue weighted by molar-refractivity contribution is 0.445. The van der Waals surface area contributed by atoms with Crippen LogP contribution in [0.1, 0.15) is 43.6 Å². The third-order valence-electron chi connectivity index (χ3n) is 11.9. The van der Waals surface area contributed by atoms with Crippen LogP contribution >= 0.6 is 0 Å². The van der Waals surface area contributed by atoms with E-state index in [1.807, 2.05) is 18.2 Å². The molecule has 11 rings (SSSR count). The first-order chi connectivity index (χ1) is 27.3. The Morgan fingerprint density at radius 2 is 1.04 bits per heavy atom. The van der Waals surface area contributed by atoms with Crippen molar-refractivity contribution in [3.05, 3.63) is 175 Å². The molecule has 0 radical (unpaired) electrons. The van der Waals surface area contributed by atoms with Crippen LogP contribution in [0.5, 0.6) is 0 Å². The van der Waals surface area contributed by atoms with Crippen LogP contribution in [0.15, 0.2) is 179 Å². The number of hydrogen-bond acceptors (Lipinski definition) is 3. The van der Waals surface area contributed by atoms with Crippen molar-refractivity contribution >= 4 is 71.7 Å². The fourth-order valence-corrected chi connectivity index (χ4v) is 9.30. The van der Waals surface area contributed by atoms with Gasteiger partial charge in [0.25, 0.3) is 0 Å². The zero-order valence-electron chi connectivity index (χ0n) is 30.5. The highest BCUT2D eigenvalue weighted by atomic mass is 16.3. The van der Waals surface area contributed by atoms with Gasteiger partial charge in [0.2, 0.25) is 0 Å². The third-order valence-corrected chi connectivity index (χ3v) is 11.9. The Bertz CT molecular complexity index is 3030. The summed E-state index contributed by atoms with van der Waals surface area (Å²) in [5.74, 6) is 0.583. The van der Waals surface area contributed by atoms with Gasteiger partial charge in [0.15, 0.2) is 0 Å². The van der Waals surface area contributed by atoms with Crippen LogP contribution in [0.3, 0.4) is 0 Å². The molecule has 1 fully saturated rings. The quantitative estimate of drug-likeness (QED) is 0.172. The van der Waals surface area contributed by atoms with Gasteiger partial charge in [-0.2, -0.15) is 0 Å². The topological polar surface area (TPSA) is 29.5 Å². The molecule has 2 heterocycles. The summed E-state index contributed by atoms with van der Waals surface area (Å²) in [5.41, 5.74) is 13.1. The number of fused-ring (bicyclic) bond motifs is 7. The average molecular weight is 710 g/mol. The number of hydrogen-bond donors (Lipinski definition) is 0. The molecule has 0 amide bonds. The van der Waals surface area contributed by atoms with Crippen molar-refractivity contribution in [1.29, 1.82) is 0 Å². The van der Waals surface area contributed by atoms with E-state index in [-0.39, 0.29) is 0 Å². The number of nitrogens with zero attached hydrogens (tertiary/aromatic N) is 1. The molecular formula is C52H39NO2. The molecule has 1 aliphatic carbocycles. The van der Waals surface area contributed by atoms with E-state index in [1.165, 1.54) is 59.6 Å². The molecular weight excluding hydrogens is 671 g/mol. The van der Waals surface area contributed by atoms with E-state index in [1.54, 1.807) is 0 Å². The van der Waals surface area contributed by atoms with E-state index in [9.17, 15) is 0 Å². The molecule has 264 valence electrons. The smallest absolute Gasteiger partial charge is 0.137 e. The monoisotopic (exact) mass is 709 g/mol. The van der Waals surface area contributed by atoms with Crippen LogP contribution in [0.4, 0.5) is 17.1 Å². The van der Waals surface area contributed by atoms with E-state index >= 15 is 0 Å². The van der Waals surface area contributed by atoms with Crippen LogP contribution in [0.2, 0.25) is 0 Å². The van der Waals surface area contributed by atoms with Gasteiger partial charge in [-0.25, -0.2) is 0 Å². The van der Waals surface area contributed by atoms with Gasteiger partial charge in [-0.15, -0.1) is 0 Å². The summed E-state index contributed by atoms with van der Waals surface area (Å²) in [6.07, 6.45) is 6.46. The minimum Gasteiger partial charge on any atom is -0.456 e. The minimum absolute atomic E-state index is 0.583. The van der Waals surface area contributed by atoms with Crippen molar-refractivity contribution in [2.45, 2.75) is 38.0 Å². The molecule has 0 spiro atoms. The summed E-state index contributed by atoms with van der Waals surface area (Å²) in [6.45, 7) is 0. The maximum atomic E-state index is 6.47. The molecule has 55 heavy (non-hydrogen) atoms. The molecule has 0 atom stereocenters. The van der Waals surface area contributed by atoms with Gasteiger partial charge in [-0.3, -0.25) is 0 Å². The van der Waals surface area contributed by atoms with Crippen molar-refractivity contribution in [2.24, 2.45) is 0 Å². The lowest BCUT2D eigenvalue weighted by Crippen LogP contribution is -2.12. The van der Waals surface area contributed by atoms with Crippen LogP contribution in [0, 0.1) is 0 Å². The van der Waals surface area contributed by atoms with Gasteiger partial charge in [0.1, 0.15) is 22.3 Å². The summed E-state index contributed by atoms with van der Waals surface area (Å²) in [7, 11) is 0. The highest BCUT2D eigenvalue weighted by molar-refractivity contribution is 6.14. The second-order valence-electron chi connectivity index (χ2n) is 15.0. The minimum atomic E-state index is 0.583. The first-order valence-corrected chi connectivity index (χ1v) is 19.6. The van der Waals surface area contributed by atoms with Gasteiger partial charge in [-0.05, 0) is 106 Å². The predicted molar refractivity (Wildman–Crippen MR) is 230 cm³/mol. The summed E-state index contributed by atoms with van der Waals surface area (Å²) >= 11 is 0. The summed E-state index contributed by atoms with van der Waals surface area (Å²) < 4.78 is 12.7. The lowest BCUT2D eigenvalue weighted by Gasteiger charge is -2.29. The largest absolute Gasteiger partial charge is 0.456 e. The SMILES string of the molecule is c1ccc(N(c2ccc(-c3ccc4c(c3)oc3ccccc34)cc2)c2cccc3oc4ccccc4c23)c(-c2cccc3cccc(C4CCCCC4)c23)c1. The molecule has 1 aliphatic rings. The fraction of sp³-hybridized carbons (Fsp3) is 0.115. The van der Waals surface area contributed by atoms with E-state index in [0.717, 1.165) is 72.1 Å². The fourth-order valence-electron chi connectivity index (χ4n) is 9.30. The summed E-state index contributed by atoms with van der Waals surface area (Å²) in [5, 5.41) is 7.18. The molecule has 0 unspecified atom stereocenters. The molecule has 3 heteroatoms. The van der Waals surface area contributed by atoms with Gasteiger partial charge >= 0.3 is 0 Å². The lowest BCUT2D eigenvalue weighted by atomic mass is 9.80. The molecule has 1 saturated carbocycles. The predicted octanol–water partition coefficient (Wildman–Crippen LogP) is 15.5. The molecule has 8 aromatic carbocycles. The number of anilines is 3. The molecule has 0 bridgehead atoms. The Hall–Kier alpha value is -6.58. The van der Waals surface area contributed by atoms with Crippen molar-refractivity contribution < 1.29 is 8.83 Å². The summed E-state index contributed by atoms with van der Waals surface area (Å²) in [4.78, 5) is 2.44. The number of rotatable bonds is 6. The Labute approximate surface area is 320 Å². The zero-order chi connectivity index (χ0) is 36.3. The average Bonchev–Trinajstić information content (AvgIpc) is 3.83. The van der Waals surface area contributed by atoms with Crippen LogP contribution in [0.25, 0.3) is 76.9 Å². The maximum absolute atomic E-state index is 6.47. The number of benzene rings is 8. The van der Waals surface area contributed by atoms with Crippen molar-refractivity contribution in [2.75, 3.05) is 4.90 Å². The Morgan fingerprint density at radius 3 is 1.89 bits per heavy atom. The molecule has 0 saturated heterocycles. The molecule has 0 N–H and O–H groups in total. The van der Waals surface area contributed by atoms with Crippen LogP contribution < -0.4 is 4.90 Å². The molecule has 3 nitrogen and oxygen atoms in total. The highest BCUT2D eigenvalue weighted by Gasteiger charge is 2.24. The van der Waals surface area contributed by atoms with Gasteiger partial charge in [-0.1, -0.05) is 135 Å². The zero-order valence-corrected chi connectivity index (χ0v) is 30.5. The van der Waals surface area contributed by atoms with E-state index < -0.39 is 0 Å². The van der Waals surface area contributed by atoms with E-state index in [2.05, 4.69) is 157 Å². The summed E-state index contributed by atoms with van der Waals surface area (Å²) in [6, 6.07) is 61.3. The number of para-hydroxylation sites is 3. The normalized spacial score (nSPS) is 13.7. The van der Waals surface area contributed by atoms with Gasteiger partial charge in [0.05, 0.1) is 16.8 Å². The van der Waals surface area contributed by atoms with Crippen molar-refractivity contribution in [3.63, 3.8) is 0 Å². The van der Waals surface area contributed by atoms with Crippen LogP contribution in [-0.4, -0.2) is 0 Å².